The zero-order valence-electron chi connectivity index (χ0n) is 9.77. The smallest absolute Gasteiger partial charge is 0.266 e. The molecule has 0 aliphatic carbocycles. The van der Waals surface area contributed by atoms with E-state index >= 15 is 0 Å². The highest BCUT2D eigenvalue weighted by Crippen LogP contribution is 2.27. The first-order chi connectivity index (χ1) is 9.29. The molecule has 0 amide bonds. The van der Waals surface area contributed by atoms with Crippen molar-refractivity contribution in [2.75, 3.05) is 10.5 Å². The van der Waals surface area contributed by atoms with Crippen LogP contribution in [0.4, 0.5) is 20.3 Å². The normalized spacial score (nSPS) is 11.3. The van der Waals surface area contributed by atoms with Gasteiger partial charge in [0, 0.05) is 10.2 Å². The molecule has 2 aromatic rings. The Balaban J connectivity index is 2.43. The highest BCUT2D eigenvalue weighted by Gasteiger charge is 2.21. The zero-order chi connectivity index (χ0) is 14.9. The minimum absolute atomic E-state index is 0.0546. The zero-order valence-corrected chi connectivity index (χ0v) is 12.2. The van der Waals surface area contributed by atoms with Gasteiger partial charge in [-0.2, -0.15) is 4.39 Å². The summed E-state index contributed by atoms with van der Waals surface area (Å²) in [5.74, 6) is -2.11. The molecule has 2 rings (SSSR count). The lowest BCUT2D eigenvalue weighted by Crippen LogP contribution is -2.16. The Labute approximate surface area is 122 Å². The average Bonchev–Trinajstić information content (AvgIpc) is 2.33. The topological polar surface area (TPSA) is 85.1 Å². The van der Waals surface area contributed by atoms with Gasteiger partial charge in [-0.05, 0) is 40.2 Å². The molecule has 0 bridgehead atoms. The van der Waals surface area contributed by atoms with E-state index in [1.165, 1.54) is 12.1 Å². The fraction of sp³-hybridized carbons (Fsp3) is 0. The first-order valence-corrected chi connectivity index (χ1v) is 7.47. The molecule has 1 aromatic heterocycles. The van der Waals surface area contributed by atoms with Crippen molar-refractivity contribution in [2.24, 2.45) is 0 Å². The number of anilines is 2. The third-order valence-electron chi connectivity index (χ3n) is 2.29. The number of nitrogens with one attached hydrogen (secondary N) is 1. The van der Waals surface area contributed by atoms with Crippen LogP contribution in [0.1, 0.15) is 0 Å². The van der Waals surface area contributed by atoms with E-state index in [4.69, 9.17) is 5.73 Å². The van der Waals surface area contributed by atoms with Gasteiger partial charge in [0.15, 0.2) is 0 Å². The van der Waals surface area contributed by atoms with Gasteiger partial charge in [-0.15, -0.1) is 0 Å². The molecule has 0 aliphatic heterocycles. The van der Waals surface area contributed by atoms with Crippen molar-refractivity contribution in [1.29, 1.82) is 0 Å². The molecule has 5 nitrogen and oxygen atoms in total. The summed E-state index contributed by atoms with van der Waals surface area (Å²) in [6.07, 6.45) is 0. The monoisotopic (exact) mass is 363 g/mol. The second-order valence-corrected chi connectivity index (χ2v) is 6.26. The van der Waals surface area contributed by atoms with Crippen molar-refractivity contribution >= 4 is 37.5 Å². The van der Waals surface area contributed by atoms with Gasteiger partial charge in [-0.1, -0.05) is 6.07 Å². The van der Waals surface area contributed by atoms with Crippen LogP contribution in [0.2, 0.25) is 0 Å². The summed E-state index contributed by atoms with van der Waals surface area (Å²) in [5.41, 5.74) is 5.58. The maximum Gasteiger partial charge on any atom is 0.266 e. The summed E-state index contributed by atoms with van der Waals surface area (Å²) in [6, 6.07) is 5.45. The maximum atomic E-state index is 13.7. The number of aromatic nitrogens is 1. The van der Waals surface area contributed by atoms with Crippen LogP contribution in [0, 0.1) is 11.8 Å². The molecule has 0 aliphatic rings. The van der Waals surface area contributed by atoms with E-state index in [1.807, 2.05) is 4.72 Å². The standard InChI is InChI=1S/C11H8BrF2N3O2S/c12-6-4-7(13)9(5-8(6)15)20(18,19)17-11-3-1-2-10(14)16-11/h1-5H,15H2,(H,16,17). The van der Waals surface area contributed by atoms with Gasteiger partial charge in [-0.3, -0.25) is 4.72 Å². The van der Waals surface area contributed by atoms with Crippen LogP contribution in [0.15, 0.2) is 39.7 Å². The molecule has 106 valence electrons. The molecular formula is C11H8BrF2N3O2S. The quantitative estimate of drug-likeness (QED) is 0.648. The van der Waals surface area contributed by atoms with Crippen molar-refractivity contribution < 1.29 is 17.2 Å². The number of rotatable bonds is 3. The fourth-order valence-corrected chi connectivity index (χ4v) is 2.82. The van der Waals surface area contributed by atoms with Gasteiger partial charge < -0.3 is 5.73 Å². The third kappa shape index (κ3) is 3.05. The molecular weight excluding hydrogens is 356 g/mol. The lowest BCUT2D eigenvalue weighted by atomic mass is 10.3. The van der Waals surface area contributed by atoms with Gasteiger partial charge >= 0.3 is 0 Å². The lowest BCUT2D eigenvalue weighted by Gasteiger charge is -2.09. The van der Waals surface area contributed by atoms with Gasteiger partial charge in [0.05, 0.1) is 0 Å². The average molecular weight is 364 g/mol. The molecule has 1 heterocycles. The molecule has 3 N–H and O–H groups in total. The van der Waals surface area contributed by atoms with Crippen molar-refractivity contribution in [1.82, 2.24) is 4.98 Å². The molecule has 0 saturated carbocycles. The minimum atomic E-state index is -4.26. The van der Waals surface area contributed by atoms with Crippen LogP contribution in [0.5, 0.6) is 0 Å². The Morgan fingerprint density at radius 3 is 2.60 bits per heavy atom. The molecule has 0 radical (unpaired) electrons. The molecule has 0 spiro atoms. The summed E-state index contributed by atoms with van der Waals surface area (Å²) < 4.78 is 52.8. The van der Waals surface area contributed by atoms with Crippen molar-refractivity contribution in [3.05, 3.63) is 46.6 Å². The van der Waals surface area contributed by atoms with Crippen LogP contribution >= 0.6 is 15.9 Å². The van der Waals surface area contributed by atoms with E-state index in [-0.39, 0.29) is 16.0 Å². The van der Waals surface area contributed by atoms with Gasteiger partial charge in [-0.25, -0.2) is 17.8 Å². The number of sulfonamides is 1. The molecule has 0 saturated heterocycles. The summed E-state index contributed by atoms with van der Waals surface area (Å²) in [6.45, 7) is 0. The first-order valence-electron chi connectivity index (χ1n) is 5.19. The number of nitrogens with zero attached hydrogens (tertiary/aromatic N) is 1. The number of nitrogens with two attached hydrogens (primary N) is 1. The van der Waals surface area contributed by atoms with Crippen LogP contribution in [0.3, 0.4) is 0 Å². The van der Waals surface area contributed by atoms with Crippen LogP contribution in [-0.2, 0) is 10.0 Å². The molecule has 0 unspecified atom stereocenters. The number of hydrogen-bond acceptors (Lipinski definition) is 4. The predicted octanol–water partition coefficient (Wildman–Crippen LogP) is 2.51. The molecule has 0 atom stereocenters. The molecule has 0 fully saturated rings. The Morgan fingerprint density at radius 2 is 1.95 bits per heavy atom. The molecule has 9 heteroatoms. The number of hydrogen-bond donors (Lipinski definition) is 2. The number of benzene rings is 1. The maximum absolute atomic E-state index is 13.7. The van der Waals surface area contributed by atoms with E-state index in [9.17, 15) is 17.2 Å². The Kier molecular flexibility index (Phi) is 3.91. The largest absolute Gasteiger partial charge is 0.398 e. The lowest BCUT2D eigenvalue weighted by molar-refractivity contribution is 0.569. The second-order valence-electron chi connectivity index (χ2n) is 3.76. The molecule has 20 heavy (non-hydrogen) atoms. The van der Waals surface area contributed by atoms with Gasteiger partial charge in [0.2, 0.25) is 5.95 Å². The SMILES string of the molecule is Nc1cc(S(=O)(=O)Nc2cccc(F)n2)c(F)cc1Br. The van der Waals surface area contributed by atoms with Crippen molar-refractivity contribution in [3.8, 4) is 0 Å². The second kappa shape index (κ2) is 5.33. The fourth-order valence-electron chi connectivity index (χ4n) is 1.41. The van der Waals surface area contributed by atoms with E-state index in [2.05, 4.69) is 20.9 Å². The van der Waals surface area contributed by atoms with Gasteiger partial charge in [0.25, 0.3) is 10.0 Å². The Bertz CT molecular complexity index is 768. The third-order valence-corrected chi connectivity index (χ3v) is 4.35. The summed E-state index contributed by atoms with van der Waals surface area (Å²) in [4.78, 5) is 2.68. The van der Waals surface area contributed by atoms with Gasteiger partial charge in [0.1, 0.15) is 16.5 Å². The number of halogens is 3. The van der Waals surface area contributed by atoms with E-state index < -0.39 is 26.7 Å². The Hall–Kier alpha value is -1.74. The summed E-state index contributed by atoms with van der Waals surface area (Å²) in [5, 5.41) is 0. The highest BCUT2D eigenvalue weighted by molar-refractivity contribution is 9.10. The highest BCUT2D eigenvalue weighted by atomic mass is 79.9. The minimum Gasteiger partial charge on any atom is -0.398 e. The number of pyridine rings is 1. The van der Waals surface area contributed by atoms with Crippen LogP contribution < -0.4 is 10.5 Å². The van der Waals surface area contributed by atoms with Crippen LogP contribution in [-0.4, -0.2) is 13.4 Å². The molecule has 1 aromatic carbocycles. The van der Waals surface area contributed by atoms with E-state index in [1.54, 1.807) is 0 Å². The first kappa shape index (κ1) is 14.7. The Morgan fingerprint density at radius 1 is 1.25 bits per heavy atom. The van der Waals surface area contributed by atoms with Crippen molar-refractivity contribution in [3.63, 3.8) is 0 Å². The van der Waals surface area contributed by atoms with E-state index in [0.717, 1.165) is 18.2 Å². The summed E-state index contributed by atoms with van der Waals surface area (Å²) >= 11 is 2.98. The van der Waals surface area contributed by atoms with Crippen molar-refractivity contribution in [2.45, 2.75) is 4.90 Å². The number of nitrogen functional groups attached to an aromatic ring is 1. The predicted molar refractivity (Wildman–Crippen MR) is 73.5 cm³/mol. The summed E-state index contributed by atoms with van der Waals surface area (Å²) in [7, 11) is -4.26. The van der Waals surface area contributed by atoms with Crippen LogP contribution in [0.25, 0.3) is 0 Å². The van der Waals surface area contributed by atoms with E-state index in [0.29, 0.717) is 0 Å².